The molecule has 3 amide bonds. The van der Waals surface area contributed by atoms with E-state index in [2.05, 4.69) is 5.32 Å². The minimum Gasteiger partial charge on any atom is -0.339 e. The van der Waals surface area contributed by atoms with E-state index in [9.17, 15) is 14.4 Å². The van der Waals surface area contributed by atoms with Gasteiger partial charge in [-0.2, -0.15) is 0 Å². The van der Waals surface area contributed by atoms with Gasteiger partial charge in [-0.1, -0.05) is 13.8 Å². The monoisotopic (exact) mass is 352 g/mol. The normalized spacial score (nSPS) is 28.2. The molecule has 2 unspecified atom stereocenters. The van der Waals surface area contributed by atoms with Gasteiger partial charge in [0, 0.05) is 38.6 Å². The van der Waals surface area contributed by atoms with Crippen LogP contribution in [0.3, 0.4) is 0 Å². The number of amides is 3. The van der Waals surface area contributed by atoms with Crippen LogP contribution in [0.5, 0.6) is 0 Å². The summed E-state index contributed by atoms with van der Waals surface area (Å²) >= 11 is 0. The van der Waals surface area contributed by atoms with E-state index in [-0.39, 0.29) is 23.1 Å². The highest BCUT2D eigenvalue weighted by atomic mass is 16.5. The third kappa shape index (κ3) is 3.64. The van der Waals surface area contributed by atoms with Crippen LogP contribution in [0.2, 0.25) is 0 Å². The van der Waals surface area contributed by atoms with Gasteiger partial charge in [-0.25, -0.2) is 5.48 Å². The molecule has 0 aromatic carbocycles. The number of carbonyl (C=O) groups is 3. The zero-order valence-corrected chi connectivity index (χ0v) is 15.0. The summed E-state index contributed by atoms with van der Waals surface area (Å²) < 4.78 is 0. The first-order valence-electron chi connectivity index (χ1n) is 9.12. The number of piperidine rings is 1. The second-order valence-electron chi connectivity index (χ2n) is 7.95. The first-order chi connectivity index (χ1) is 11.9. The summed E-state index contributed by atoms with van der Waals surface area (Å²) in [4.78, 5) is 40.6. The van der Waals surface area contributed by atoms with E-state index < -0.39 is 17.9 Å². The molecule has 3 N–H and O–H groups in total. The van der Waals surface area contributed by atoms with E-state index in [0.717, 1.165) is 19.4 Å². The van der Waals surface area contributed by atoms with Crippen LogP contribution in [-0.4, -0.2) is 71.5 Å². The molecule has 0 aromatic rings. The Kier molecular flexibility index (Phi) is 5.02. The Morgan fingerprint density at radius 2 is 1.72 bits per heavy atom. The zero-order valence-electron chi connectivity index (χ0n) is 15.0. The van der Waals surface area contributed by atoms with Gasteiger partial charge in [-0.3, -0.25) is 19.6 Å². The molecule has 0 bridgehead atoms. The molecule has 140 valence electrons. The third-order valence-electron chi connectivity index (χ3n) is 5.82. The Morgan fingerprint density at radius 1 is 1.12 bits per heavy atom. The molecular formula is C17H28N4O4. The number of nitrogens with zero attached hydrogens (tertiary/aromatic N) is 2. The molecule has 2 atom stereocenters. The highest BCUT2D eigenvalue weighted by Crippen LogP contribution is 2.52. The summed E-state index contributed by atoms with van der Waals surface area (Å²) in [5, 5.41) is 12.3. The van der Waals surface area contributed by atoms with Gasteiger partial charge in [0.2, 0.25) is 17.7 Å². The van der Waals surface area contributed by atoms with Crippen LogP contribution in [-0.2, 0) is 14.4 Å². The van der Waals surface area contributed by atoms with E-state index in [0.29, 0.717) is 32.6 Å². The van der Waals surface area contributed by atoms with E-state index >= 15 is 0 Å². The SMILES string of the molecule is CC(C)C(=O)N1CCN(C(=O)C2NCC3(CC3)CC2C(=O)NO)CC1. The van der Waals surface area contributed by atoms with Crippen molar-refractivity contribution < 1.29 is 19.6 Å². The molecular weight excluding hydrogens is 324 g/mol. The minimum atomic E-state index is -0.606. The summed E-state index contributed by atoms with van der Waals surface area (Å²) in [5.41, 5.74) is 1.84. The second kappa shape index (κ2) is 6.92. The summed E-state index contributed by atoms with van der Waals surface area (Å²) in [6.07, 6.45) is 2.76. The molecule has 2 heterocycles. The van der Waals surface area contributed by atoms with Gasteiger partial charge in [-0.15, -0.1) is 0 Å². The van der Waals surface area contributed by atoms with E-state index in [4.69, 9.17) is 5.21 Å². The molecule has 0 radical (unpaired) electrons. The topological polar surface area (TPSA) is 102 Å². The number of hydrogen-bond acceptors (Lipinski definition) is 5. The molecule has 3 fully saturated rings. The summed E-state index contributed by atoms with van der Waals surface area (Å²) in [6.45, 7) is 6.49. The van der Waals surface area contributed by atoms with Gasteiger partial charge in [0.05, 0.1) is 12.0 Å². The van der Waals surface area contributed by atoms with Gasteiger partial charge in [0.25, 0.3) is 0 Å². The van der Waals surface area contributed by atoms with Crippen LogP contribution >= 0.6 is 0 Å². The molecule has 1 saturated carbocycles. The Bertz CT molecular complexity index is 553. The molecule has 8 nitrogen and oxygen atoms in total. The molecule has 3 rings (SSSR count). The van der Waals surface area contributed by atoms with Crippen molar-refractivity contribution in [3.63, 3.8) is 0 Å². The Labute approximate surface area is 147 Å². The maximum atomic E-state index is 12.9. The van der Waals surface area contributed by atoms with Gasteiger partial charge < -0.3 is 15.1 Å². The number of hydrogen-bond donors (Lipinski definition) is 3. The highest BCUT2D eigenvalue weighted by molar-refractivity contribution is 5.90. The lowest BCUT2D eigenvalue weighted by Crippen LogP contribution is -2.61. The van der Waals surface area contributed by atoms with Crippen molar-refractivity contribution >= 4 is 17.7 Å². The van der Waals surface area contributed by atoms with Crippen LogP contribution < -0.4 is 10.8 Å². The lowest BCUT2D eigenvalue weighted by atomic mass is 9.81. The average molecular weight is 352 g/mol. The van der Waals surface area contributed by atoms with Crippen molar-refractivity contribution in [2.45, 2.75) is 39.2 Å². The summed E-state index contributed by atoms with van der Waals surface area (Å²) in [6, 6.07) is -0.606. The standard InChI is InChI=1S/C17H28N4O4/c1-11(2)15(23)20-5-7-21(8-6-20)16(24)13-12(14(22)19-25)9-17(3-4-17)10-18-13/h11-13,18,25H,3-10H2,1-2H3,(H,19,22). The molecule has 2 aliphatic heterocycles. The molecule has 1 spiro atoms. The zero-order chi connectivity index (χ0) is 18.2. The van der Waals surface area contributed by atoms with Crippen molar-refractivity contribution in [1.82, 2.24) is 20.6 Å². The number of rotatable bonds is 3. The first kappa shape index (κ1) is 18.1. The van der Waals surface area contributed by atoms with Crippen LogP contribution in [0, 0.1) is 17.3 Å². The van der Waals surface area contributed by atoms with E-state index in [1.165, 1.54) is 0 Å². The van der Waals surface area contributed by atoms with Crippen LogP contribution in [0.1, 0.15) is 33.1 Å². The predicted molar refractivity (Wildman–Crippen MR) is 89.5 cm³/mol. The Balaban J connectivity index is 1.62. The number of nitrogens with one attached hydrogen (secondary N) is 2. The van der Waals surface area contributed by atoms with Crippen molar-refractivity contribution in [3.05, 3.63) is 0 Å². The minimum absolute atomic E-state index is 0.0466. The van der Waals surface area contributed by atoms with Gasteiger partial charge in [-0.05, 0) is 24.7 Å². The Hall–Kier alpha value is -1.67. The second-order valence-corrected chi connectivity index (χ2v) is 7.95. The molecule has 0 aromatic heterocycles. The maximum Gasteiger partial charge on any atom is 0.248 e. The van der Waals surface area contributed by atoms with Crippen LogP contribution in [0.4, 0.5) is 0 Å². The average Bonchev–Trinajstić information content (AvgIpc) is 3.38. The molecule has 3 aliphatic rings. The summed E-state index contributed by atoms with van der Waals surface area (Å²) in [7, 11) is 0. The van der Waals surface area contributed by atoms with Crippen LogP contribution in [0.25, 0.3) is 0 Å². The number of hydroxylamine groups is 1. The van der Waals surface area contributed by atoms with Gasteiger partial charge >= 0.3 is 0 Å². The molecule has 25 heavy (non-hydrogen) atoms. The third-order valence-corrected chi connectivity index (χ3v) is 5.82. The van der Waals surface area contributed by atoms with Crippen molar-refractivity contribution in [2.24, 2.45) is 17.3 Å². The first-order valence-corrected chi connectivity index (χ1v) is 9.12. The summed E-state index contributed by atoms with van der Waals surface area (Å²) in [5.74, 6) is -1.10. The molecule has 1 aliphatic carbocycles. The largest absolute Gasteiger partial charge is 0.339 e. The fraction of sp³-hybridized carbons (Fsp3) is 0.824. The lowest BCUT2D eigenvalue weighted by Gasteiger charge is -2.41. The van der Waals surface area contributed by atoms with E-state index in [1.54, 1.807) is 15.3 Å². The van der Waals surface area contributed by atoms with Crippen LogP contribution in [0.15, 0.2) is 0 Å². The number of carbonyl (C=O) groups excluding carboxylic acids is 3. The molecule has 2 saturated heterocycles. The number of piperazine rings is 1. The van der Waals surface area contributed by atoms with Crippen molar-refractivity contribution in [3.8, 4) is 0 Å². The molecule has 8 heteroatoms. The smallest absolute Gasteiger partial charge is 0.248 e. The lowest BCUT2D eigenvalue weighted by molar-refractivity contribution is -0.147. The van der Waals surface area contributed by atoms with E-state index in [1.807, 2.05) is 13.8 Å². The van der Waals surface area contributed by atoms with Crippen molar-refractivity contribution in [1.29, 1.82) is 0 Å². The quantitative estimate of drug-likeness (QED) is 0.473. The van der Waals surface area contributed by atoms with Gasteiger partial charge in [0.1, 0.15) is 0 Å². The fourth-order valence-electron chi connectivity index (χ4n) is 3.98. The highest BCUT2D eigenvalue weighted by Gasteiger charge is 2.52. The van der Waals surface area contributed by atoms with Gasteiger partial charge in [0.15, 0.2) is 0 Å². The maximum absolute atomic E-state index is 12.9. The van der Waals surface area contributed by atoms with Crippen molar-refractivity contribution in [2.75, 3.05) is 32.7 Å². The fourth-order valence-corrected chi connectivity index (χ4v) is 3.98. The Morgan fingerprint density at radius 3 is 2.24 bits per heavy atom. The predicted octanol–water partition coefficient (Wildman–Crippen LogP) is -0.423.